The number of fused-ring (bicyclic) bond motifs is 4. The summed E-state index contributed by atoms with van der Waals surface area (Å²) < 4.78 is 0. The second-order valence-electron chi connectivity index (χ2n) is 13.9. The van der Waals surface area contributed by atoms with Crippen LogP contribution in [0, 0.1) is 17.8 Å². The maximum Gasteiger partial charge on any atom is 0.307 e. The number of piperidine rings is 3. The number of aliphatic hydroxyl groups excluding tert-OH is 1. The Morgan fingerprint density at radius 2 is 1.59 bits per heavy atom. The van der Waals surface area contributed by atoms with E-state index in [-0.39, 0.29) is 22.9 Å². The number of benzene rings is 3. The average molecular weight is 605 g/mol. The summed E-state index contributed by atoms with van der Waals surface area (Å²) in [6, 6.07) is 30.6. The van der Waals surface area contributed by atoms with E-state index in [4.69, 9.17) is 0 Å². The first-order chi connectivity index (χ1) is 21.2. The number of hydrogen-bond acceptors (Lipinski definition) is 4. The minimum absolute atomic E-state index is 0.223. The van der Waals surface area contributed by atoms with E-state index < -0.39 is 20.1 Å². The molecule has 44 heavy (non-hydrogen) atoms. The van der Waals surface area contributed by atoms with Crippen LogP contribution in [0.15, 0.2) is 110 Å². The molecule has 1 aliphatic carbocycles. The number of carbonyl (C=O) groups is 1. The Morgan fingerprint density at radius 1 is 0.977 bits per heavy atom. The van der Waals surface area contributed by atoms with Crippen LogP contribution >= 0.6 is 0 Å². The maximum absolute atomic E-state index is 12.0. The smallest absolute Gasteiger partial charge is 0.307 e. The van der Waals surface area contributed by atoms with Crippen LogP contribution in [0.25, 0.3) is 10.9 Å². The summed E-state index contributed by atoms with van der Waals surface area (Å²) in [5, 5.41) is 22.0. The molecule has 4 heterocycles. The molecule has 6 heteroatoms. The molecule has 4 fully saturated rings. The van der Waals surface area contributed by atoms with Crippen molar-refractivity contribution in [3.63, 3.8) is 0 Å². The van der Waals surface area contributed by atoms with Crippen molar-refractivity contribution in [3.05, 3.63) is 127 Å². The summed E-state index contributed by atoms with van der Waals surface area (Å²) in [7, 11) is -1.63. The summed E-state index contributed by atoms with van der Waals surface area (Å²) in [5.41, 5.74) is 4.11. The number of pyridine rings is 1. The number of aliphatic hydroxyl groups is 1. The molecule has 4 aliphatic rings. The van der Waals surface area contributed by atoms with Crippen molar-refractivity contribution in [2.24, 2.45) is 17.8 Å². The molecule has 4 aromatic rings. The van der Waals surface area contributed by atoms with Gasteiger partial charge < -0.3 is 10.2 Å². The lowest BCUT2D eigenvalue weighted by Crippen LogP contribution is -2.54. The second kappa shape index (κ2) is 12.1. The molecule has 1 aromatic heterocycles. The van der Waals surface area contributed by atoms with Crippen molar-refractivity contribution in [2.75, 3.05) is 13.1 Å². The summed E-state index contributed by atoms with van der Waals surface area (Å²) in [5.74, 6) is 0.283. The molecular weight excluding hydrogens is 561 g/mol. The lowest BCUT2D eigenvalue weighted by Gasteiger charge is -2.50. The van der Waals surface area contributed by atoms with E-state index in [1.54, 1.807) is 0 Å². The van der Waals surface area contributed by atoms with E-state index in [2.05, 4.69) is 72.5 Å². The van der Waals surface area contributed by atoms with E-state index in [1.165, 1.54) is 6.42 Å². The van der Waals surface area contributed by atoms with Crippen molar-refractivity contribution < 1.29 is 15.0 Å². The van der Waals surface area contributed by atoms with Crippen LogP contribution < -0.4 is 0 Å². The number of hydrogen-bond donors (Lipinski definition) is 2. The third-order valence-electron chi connectivity index (χ3n) is 10.4. The Bertz CT molecular complexity index is 1570. The van der Waals surface area contributed by atoms with Gasteiger partial charge in [-0.2, -0.15) is 0 Å². The lowest BCUT2D eigenvalue weighted by atomic mass is 9.73. The predicted octanol–water partition coefficient (Wildman–Crippen LogP) is 7.56. The van der Waals surface area contributed by atoms with Crippen LogP contribution in [-0.4, -0.2) is 53.3 Å². The van der Waals surface area contributed by atoms with Gasteiger partial charge in [-0.25, -0.2) is 0 Å². The molecule has 5 nitrogen and oxygen atoms in total. The van der Waals surface area contributed by atoms with Crippen LogP contribution in [0.2, 0.25) is 25.2 Å². The first-order valence-corrected chi connectivity index (χ1v) is 19.5. The zero-order valence-corrected chi connectivity index (χ0v) is 27.0. The number of nitrogens with zero attached hydrogens (tertiary/aromatic N) is 2. The first-order valence-electron chi connectivity index (χ1n) is 15.9. The Kier molecular flexibility index (Phi) is 8.35. The van der Waals surface area contributed by atoms with Gasteiger partial charge in [0.15, 0.2) is 0 Å². The van der Waals surface area contributed by atoms with E-state index in [9.17, 15) is 15.0 Å². The van der Waals surface area contributed by atoms with Crippen LogP contribution in [0.1, 0.15) is 35.6 Å². The molecule has 2 bridgehead atoms. The highest BCUT2D eigenvalue weighted by Gasteiger charge is 2.73. The normalized spacial score (nSPS) is 27.5. The van der Waals surface area contributed by atoms with Gasteiger partial charge in [-0.3, -0.25) is 14.7 Å². The highest BCUT2D eigenvalue weighted by molar-refractivity contribution is 6.79. The third-order valence-corrected chi connectivity index (χ3v) is 13.1. The maximum atomic E-state index is 12.0. The highest BCUT2D eigenvalue weighted by atomic mass is 28.3. The number of aliphatic carboxylic acids is 1. The number of carboxylic acid groups (broad SMARTS) is 1. The number of para-hydroxylation sites is 1. The molecule has 228 valence electrons. The topological polar surface area (TPSA) is 73.7 Å². The van der Waals surface area contributed by atoms with Crippen LogP contribution in [-0.2, 0) is 10.2 Å². The molecule has 7 unspecified atom stereocenters. The van der Waals surface area contributed by atoms with Gasteiger partial charge in [-0.15, -0.1) is 6.58 Å². The third kappa shape index (κ3) is 5.33. The van der Waals surface area contributed by atoms with E-state index >= 15 is 0 Å². The van der Waals surface area contributed by atoms with Gasteiger partial charge >= 0.3 is 5.97 Å². The van der Waals surface area contributed by atoms with Gasteiger partial charge in [-0.05, 0) is 65.6 Å². The Hall–Kier alpha value is -3.58. The van der Waals surface area contributed by atoms with Gasteiger partial charge in [0, 0.05) is 37.7 Å². The molecule has 3 saturated heterocycles. The molecule has 0 amide bonds. The predicted molar refractivity (Wildman–Crippen MR) is 180 cm³/mol. The number of carboxylic acids is 1. The Morgan fingerprint density at radius 3 is 2.11 bits per heavy atom. The summed E-state index contributed by atoms with van der Waals surface area (Å²) in [6.45, 7) is 12.9. The fourth-order valence-electron chi connectivity index (χ4n) is 8.51. The van der Waals surface area contributed by atoms with Crippen LogP contribution in [0.3, 0.4) is 0 Å². The SMILES string of the molecule is C=CC1CN2CCC1CC2C(O)c1ccnc2ccccc12.C[Si](C)(C)C1C(C(=O)O)C1(c1ccccc1)c1ccccc1. The highest BCUT2D eigenvalue weighted by Crippen LogP contribution is 2.71. The quantitative estimate of drug-likeness (QED) is 0.168. The van der Waals surface area contributed by atoms with Gasteiger partial charge in [0.1, 0.15) is 0 Å². The van der Waals surface area contributed by atoms with Gasteiger partial charge in [-0.1, -0.05) is 105 Å². The Labute approximate surface area is 262 Å². The average Bonchev–Trinajstić information content (AvgIpc) is 3.79. The number of rotatable bonds is 7. The molecule has 2 N–H and O–H groups in total. The summed E-state index contributed by atoms with van der Waals surface area (Å²) >= 11 is 0. The minimum Gasteiger partial charge on any atom is -0.481 e. The zero-order chi connectivity index (χ0) is 31.1. The van der Waals surface area contributed by atoms with E-state index in [1.807, 2.05) is 66.9 Å². The van der Waals surface area contributed by atoms with Gasteiger partial charge in [0.2, 0.25) is 0 Å². The fourth-order valence-corrected chi connectivity index (χ4v) is 11.7. The molecule has 3 aromatic carbocycles. The molecular formula is C38H44N2O3Si. The van der Waals surface area contributed by atoms with E-state index in [0.29, 0.717) is 11.8 Å². The van der Waals surface area contributed by atoms with E-state index in [0.717, 1.165) is 47.1 Å². The lowest BCUT2D eigenvalue weighted by molar-refractivity contribution is -0.138. The molecule has 3 aliphatic heterocycles. The van der Waals surface area contributed by atoms with Crippen LogP contribution in [0.5, 0.6) is 0 Å². The molecule has 8 rings (SSSR count). The Balaban J connectivity index is 0.000000156. The van der Waals surface area contributed by atoms with Gasteiger partial charge in [0.05, 0.1) is 17.5 Å². The van der Waals surface area contributed by atoms with Crippen molar-refractivity contribution in [1.82, 2.24) is 9.88 Å². The van der Waals surface area contributed by atoms with Crippen molar-refractivity contribution in [2.45, 2.75) is 55.6 Å². The molecule has 1 saturated carbocycles. The zero-order valence-electron chi connectivity index (χ0n) is 26.0. The first kappa shape index (κ1) is 30.4. The fraction of sp³-hybridized carbons (Fsp3) is 0.368. The van der Waals surface area contributed by atoms with Crippen molar-refractivity contribution in [3.8, 4) is 0 Å². The number of aromatic nitrogens is 1. The molecule has 7 atom stereocenters. The summed E-state index contributed by atoms with van der Waals surface area (Å²) in [4.78, 5) is 18.9. The van der Waals surface area contributed by atoms with Gasteiger partial charge in [0.25, 0.3) is 0 Å². The van der Waals surface area contributed by atoms with Crippen LogP contribution in [0.4, 0.5) is 0 Å². The summed E-state index contributed by atoms with van der Waals surface area (Å²) in [6.07, 6.45) is 5.76. The molecule has 0 spiro atoms. The monoisotopic (exact) mass is 604 g/mol. The minimum atomic E-state index is -1.63. The second-order valence-corrected chi connectivity index (χ2v) is 19.2. The standard InChI is InChI=1S/C19H22N2O.C19H22O2Si/c1-2-13-12-21-10-8-14(13)11-18(21)19(22)16-7-9-20-17-6-4-3-5-15(16)17;1-22(2,3)17-16(18(20)21)19(17,14-10-6-4-7-11-14)15-12-8-5-9-13-15/h2-7,9,13-14,18-19,22H,1,8,10-12H2;4-13,16-17H,1-3H3,(H,20,21). The molecule has 0 radical (unpaired) electrons. The van der Waals surface area contributed by atoms with Crippen molar-refractivity contribution >= 4 is 24.9 Å². The van der Waals surface area contributed by atoms with Crippen molar-refractivity contribution in [1.29, 1.82) is 0 Å². The largest absolute Gasteiger partial charge is 0.481 e.